The quantitative estimate of drug-likeness (QED) is 0.760. The van der Waals surface area contributed by atoms with Gasteiger partial charge in [0.25, 0.3) is 0 Å². The number of carbonyl (C=O) groups excluding carboxylic acids is 1. The molecule has 0 aromatic carbocycles. The lowest BCUT2D eigenvalue weighted by Gasteiger charge is -2.28. The van der Waals surface area contributed by atoms with E-state index in [1.165, 1.54) is 32.1 Å². The molecular weight excluding hydrogens is 200 g/mol. The molecule has 3 nitrogen and oxygen atoms in total. The Bertz CT molecular complexity index is 230. The summed E-state index contributed by atoms with van der Waals surface area (Å²) in [5, 5.41) is 6.19. The third-order valence-corrected chi connectivity index (χ3v) is 4.14. The largest absolute Gasteiger partial charge is 0.356 e. The summed E-state index contributed by atoms with van der Waals surface area (Å²) in [6.07, 6.45) is 6.67. The van der Waals surface area contributed by atoms with Crippen LogP contribution in [0.1, 0.15) is 39.0 Å². The number of nitrogens with one attached hydrogen (secondary N) is 2. The number of hydrogen-bond donors (Lipinski definition) is 2. The van der Waals surface area contributed by atoms with Crippen molar-refractivity contribution in [3.8, 4) is 0 Å². The van der Waals surface area contributed by atoms with E-state index in [1.54, 1.807) is 0 Å². The van der Waals surface area contributed by atoms with E-state index in [4.69, 9.17) is 0 Å². The first kappa shape index (κ1) is 11.9. The van der Waals surface area contributed by atoms with Gasteiger partial charge in [0.05, 0.1) is 5.92 Å². The van der Waals surface area contributed by atoms with Crippen LogP contribution < -0.4 is 10.6 Å². The van der Waals surface area contributed by atoms with Gasteiger partial charge in [0, 0.05) is 19.6 Å². The Kier molecular flexibility index (Phi) is 4.22. The fourth-order valence-electron chi connectivity index (χ4n) is 2.64. The van der Waals surface area contributed by atoms with Crippen LogP contribution in [0.5, 0.6) is 0 Å². The highest BCUT2D eigenvalue weighted by atomic mass is 16.2. The summed E-state index contributed by atoms with van der Waals surface area (Å²) in [6, 6.07) is 0. The maximum Gasteiger partial charge on any atom is 0.225 e. The fraction of sp³-hybridized carbons (Fsp3) is 0.923. The molecule has 1 aliphatic heterocycles. The standard InChI is InChI=1S/C13H24N2O/c1-10-2-4-11(5-3-10)6-7-15-13(16)12-8-14-9-12/h10-12,14H,2-9H2,1H3,(H,15,16). The normalized spacial score (nSPS) is 30.8. The zero-order valence-corrected chi connectivity index (χ0v) is 10.3. The predicted octanol–water partition coefficient (Wildman–Crippen LogP) is 1.54. The molecule has 0 spiro atoms. The molecule has 92 valence electrons. The van der Waals surface area contributed by atoms with E-state index in [9.17, 15) is 4.79 Å². The monoisotopic (exact) mass is 224 g/mol. The lowest BCUT2D eigenvalue weighted by molar-refractivity contribution is -0.126. The van der Waals surface area contributed by atoms with Crippen molar-refractivity contribution in [3.05, 3.63) is 0 Å². The van der Waals surface area contributed by atoms with Gasteiger partial charge in [0.15, 0.2) is 0 Å². The van der Waals surface area contributed by atoms with Gasteiger partial charge in [-0.2, -0.15) is 0 Å². The zero-order valence-electron chi connectivity index (χ0n) is 10.3. The third-order valence-electron chi connectivity index (χ3n) is 4.14. The van der Waals surface area contributed by atoms with Gasteiger partial charge in [-0.25, -0.2) is 0 Å². The Morgan fingerprint density at radius 2 is 1.94 bits per heavy atom. The number of amides is 1. The van der Waals surface area contributed by atoms with Crippen LogP contribution in [-0.4, -0.2) is 25.5 Å². The molecule has 0 atom stereocenters. The van der Waals surface area contributed by atoms with Crippen molar-refractivity contribution in [2.45, 2.75) is 39.0 Å². The Morgan fingerprint density at radius 1 is 1.25 bits per heavy atom. The Balaban J connectivity index is 1.55. The second-order valence-electron chi connectivity index (χ2n) is 5.56. The lowest BCUT2D eigenvalue weighted by atomic mass is 9.81. The number of rotatable bonds is 4. The summed E-state index contributed by atoms with van der Waals surface area (Å²) >= 11 is 0. The summed E-state index contributed by atoms with van der Waals surface area (Å²) < 4.78 is 0. The molecule has 1 amide bonds. The van der Waals surface area contributed by atoms with E-state index in [-0.39, 0.29) is 11.8 Å². The van der Waals surface area contributed by atoms with Crippen LogP contribution in [0.2, 0.25) is 0 Å². The summed E-state index contributed by atoms with van der Waals surface area (Å²) in [4.78, 5) is 11.6. The molecule has 0 aromatic heterocycles. The first-order chi connectivity index (χ1) is 7.75. The molecule has 2 N–H and O–H groups in total. The van der Waals surface area contributed by atoms with Crippen LogP contribution in [-0.2, 0) is 4.79 Å². The SMILES string of the molecule is CC1CCC(CCNC(=O)C2CNC2)CC1. The lowest BCUT2D eigenvalue weighted by Crippen LogP contribution is -2.51. The molecule has 16 heavy (non-hydrogen) atoms. The Hall–Kier alpha value is -0.570. The van der Waals surface area contributed by atoms with Crippen LogP contribution in [0.4, 0.5) is 0 Å². The van der Waals surface area contributed by atoms with Crippen molar-refractivity contribution < 1.29 is 4.79 Å². The summed E-state index contributed by atoms with van der Waals surface area (Å²) in [5.41, 5.74) is 0. The third kappa shape index (κ3) is 3.21. The van der Waals surface area contributed by atoms with Gasteiger partial charge in [-0.3, -0.25) is 4.79 Å². The highest BCUT2D eigenvalue weighted by Crippen LogP contribution is 2.29. The van der Waals surface area contributed by atoms with E-state index >= 15 is 0 Å². The van der Waals surface area contributed by atoms with Crippen LogP contribution in [0.25, 0.3) is 0 Å². The first-order valence-corrected chi connectivity index (χ1v) is 6.74. The maximum absolute atomic E-state index is 11.6. The molecule has 1 saturated heterocycles. The minimum Gasteiger partial charge on any atom is -0.356 e. The Labute approximate surface area is 98.4 Å². The second-order valence-corrected chi connectivity index (χ2v) is 5.56. The molecule has 0 bridgehead atoms. The van der Waals surface area contributed by atoms with Crippen molar-refractivity contribution in [1.82, 2.24) is 10.6 Å². The van der Waals surface area contributed by atoms with E-state index in [2.05, 4.69) is 17.6 Å². The molecule has 1 heterocycles. The molecule has 0 aromatic rings. The van der Waals surface area contributed by atoms with Gasteiger partial charge >= 0.3 is 0 Å². The average molecular weight is 224 g/mol. The van der Waals surface area contributed by atoms with Crippen LogP contribution in [0.15, 0.2) is 0 Å². The number of carbonyl (C=O) groups is 1. The molecule has 2 fully saturated rings. The fourth-order valence-corrected chi connectivity index (χ4v) is 2.64. The molecule has 1 saturated carbocycles. The minimum atomic E-state index is 0.242. The summed E-state index contributed by atoms with van der Waals surface area (Å²) in [6.45, 7) is 4.97. The van der Waals surface area contributed by atoms with Crippen molar-refractivity contribution in [1.29, 1.82) is 0 Å². The molecule has 3 heteroatoms. The van der Waals surface area contributed by atoms with Gasteiger partial charge in [0.1, 0.15) is 0 Å². The van der Waals surface area contributed by atoms with E-state index in [1.807, 2.05) is 0 Å². The minimum absolute atomic E-state index is 0.242. The van der Waals surface area contributed by atoms with E-state index in [0.29, 0.717) is 0 Å². The van der Waals surface area contributed by atoms with Gasteiger partial charge in [-0.15, -0.1) is 0 Å². The zero-order chi connectivity index (χ0) is 11.4. The van der Waals surface area contributed by atoms with Gasteiger partial charge < -0.3 is 10.6 Å². The van der Waals surface area contributed by atoms with Crippen LogP contribution >= 0.6 is 0 Å². The topological polar surface area (TPSA) is 41.1 Å². The van der Waals surface area contributed by atoms with Gasteiger partial charge in [-0.1, -0.05) is 32.6 Å². The first-order valence-electron chi connectivity index (χ1n) is 6.74. The molecule has 2 rings (SSSR count). The molecular formula is C13H24N2O. The van der Waals surface area contributed by atoms with Gasteiger partial charge in [-0.05, 0) is 18.3 Å². The second kappa shape index (κ2) is 5.67. The smallest absolute Gasteiger partial charge is 0.225 e. The summed E-state index contributed by atoms with van der Waals surface area (Å²) in [7, 11) is 0. The van der Waals surface area contributed by atoms with Crippen molar-refractivity contribution >= 4 is 5.91 Å². The van der Waals surface area contributed by atoms with Gasteiger partial charge in [0.2, 0.25) is 5.91 Å². The van der Waals surface area contributed by atoms with E-state index < -0.39 is 0 Å². The highest BCUT2D eigenvalue weighted by molar-refractivity contribution is 5.79. The molecule has 0 unspecified atom stereocenters. The van der Waals surface area contributed by atoms with Crippen molar-refractivity contribution in [2.75, 3.05) is 19.6 Å². The van der Waals surface area contributed by atoms with E-state index in [0.717, 1.165) is 31.5 Å². The Morgan fingerprint density at radius 3 is 2.50 bits per heavy atom. The van der Waals surface area contributed by atoms with Crippen LogP contribution in [0.3, 0.4) is 0 Å². The average Bonchev–Trinajstić information content (AvgIpc) is 2.18. The number of hydrogen-bond acceptors (Lipinski definition) is 2. The maximum atomic E-state index is 11.6. The molecule has 1 aliphatic carbocycles. The summed E-state index contributed by atoms with van der Waals surface area (Å²) in [5.74, 6) is 2.28. The van der Waals surface area contributed by atoms with Crippen molar-refractivity contribution in [3.63, 3.8) is 0 Å². The van der Waals surface area contributed by atoms with Crippen LogP contribution in [0, 0.1) is 17.8 Å². The molecule has 2 aliphatic rings. The molecule has 0 radical (unpaired) electrons. The highest BCUT2D eigenvalue weighted by Gasteiger charge is 2.24. The van der Waals surface area contributed by atoms with Crippen molar-refractivity contribution in [2.24, 2.45) is 17.8 Å². The predicted molar refractivity (Wildman–Crippen MR) is 65.1 cm³/mol.